The van der Waals surface area contributed by atoms with Crippen LogP contribution < -0.4 is 4.74 Å². The van der Waals surface area contributed by atoms with Gasteiger partial charge in [-0.2, -0.15) is 0 Å². The van der Waals surface area contributed by atoms with Crippen molar-refractivity contribution >= 4 is 11.6 Å². The first-order valence-electron chi connectivity index (χ1n) is 6.70. The summed E-state index contributed by atoms with van der Waals surface area (Å²) in [6.07, 6.45) is 0. The molecular formula is C17H16ClFO. The van der Waals surface area contributed by atoms with E-state index in [1.807, 2.05) is 32.0 Å². The molecule has 0 fully saturated rings. The Kier molecular flexibility index (Phi) is 3.43. The van der Waals surface area contributed by atoms with E-state index >= 15 is 0 Å². The van der Waals surface area contributed by atoms with E-state index < -0.39 is 0 Å². The Hall–Kier alpha value is -1.54. The minimum atomic E-state index is -0.212. The van der Waals surface area contributed by atoms with Crippen LogP contribution in [0, 0.1) is 19.7 Å². The summed E-state index contributed by atoms with van der Waals surface area (Å²) in [6, 6.07) is 11.0. The molecule has 0 spiro atoms. The summed E-state index contributed by atoms with van der Waals surface area (Å²) < 4.78 is 19.1. The quantitative estimate of drug-likeness (QED) is 0.715. The molecule has 104 valence electrons. The Labute approximate surface area is 123 Å². The Balaban J connectivity index is 2.01. The highest BCUT2D eigenvalue weighted by molar-refractivity contribution is 6.21. The van der Waals surface area contributed by atoms with Crippen LogP contribution in [-0.4, -0.2) is 6.61 Å². The van der Waals surface area contributed by atoms with Gasteiger partial charge >= 0.3 is 0 Å². The Morgan fingerprint density at radius 1 is 1.20 bits per heavy atom. The van der Waals surface area contributed by atoms with Crippen molar-refractivity contribution in [2.24, 2.45) is 0 Å². The lowest BCUT2D eigenvalue weighted by atomic mass is 9.89. The molecule has 2 aromatic carbocycles. The Bertz CT molecular complexity index is 630. The standard InChI is InChI=1S/C17H16ClFO/c1-10-7-12(19)8-11(2)16(10)17(18)14-9-20-15-6-4-3-5-13(14)15/h3-8,14,17H,9H2,1-2H3. The van der Waals surface area contributed by atoms with Gasteiger partial charge in [-0.1, -0.05) is 18.2 Å². The van der Waals surface area contributed by atoms with E-state index in [-0.39, 0.29) is 17.1 Å². The van der Waals surface area contributed by atoms with Gasteiger partial charge in [-0.05, 0) is 48.7 Å². The summed E-state index contributed by atoms with van der Waals surface area (Å²) in [5, 5.41) is -0.209. The van der Waals surface area contributed by atoms with Crippen molar-refractivity contribution in [3.8, 4) is 5.75 Å². The third-order valence-corrected chi connectivity index (χ3v) is 4.45. The average molecular weight is 291 g/mol. The SMILES string of the molecule is Cc1cc(F)cc(C)c1C(Cl)C1COc2ccccc21. The molecule has 0 aliphatic carbocycles. The van der Waals surface area contributed by atoms with E-state index in [0.717, 1.165) is 28.0 Å². The molecule has 1 nitrogen and oxygen atoms in total. The first kappa shape index (κ1) is 13.4. The van der Waals surface area contributed by atoms with Crippen molar-refractivity contribution < 1.29 is 9.13 Å². The summed E-state index contributed by atoms with van der Waals surface area (Å²) >= 11 is 6.70. The van der Waals surface area contributed by atoms with E-state index in [2.05, 4.69) is 6.07 Å². The zero-order valence-electron chi connectivity index (χ0n) is 11.5. The summed E-state index contributed by atoms with van der Waals surface area (Å²) in [4.78, 5) is 0. The second-order valence-electron chi connectivity index (χ2n) is 5.31. The van der Waals surface area contributed by atoms with Crippen molar-refractivity contribution in [1.82, 2.24) is 0 Å². The highest BCUT2D eigenvalue weighted by atomic mass is 35.5. The fraction of sp³-hybridized carbons (Fsp3) is 0.294. The molecule has 3 heteroatoms. The van der Waals surface area contributed by atoms with Crippen molar-refractivity contribution in [3.63, 3.8) is 0 Å². The normalized spacial score (nSPS) is 18.5. The molecule has 0 saturated carbocycles. The number of aryl methyl sites for hydroxylation is 2. The van der Waals surface area contributed by atoms with Crippen molar-refractivity contribution in [1.29, 1.82) is 0 Å². The molecule has 1 aliphatic rings. The van der Waals surface area contributed by atoms with Gasteiger partial charge in [0.1, 0.15) is 11.6 Å². The third kappa shape index (κ3) is 2.18. The van der Waals surface area contributed by atoms with Gasteiger partial charge in [0, 0.05) is 11.5 Å². The predicted octanol–water partition coefficient (Wildman–Crippen LogP) is 4.90. The van der Waals surface area contributed by atoms with Crippen LogP contribution in [0.4, 0.5) is 4.39 Å². The van der Waals surface area contributed by atoms with Crippen LogP contribution in [0.15, 0.2) is 36.4 Å². The van der Waals surface area contributed by atoms with E-state index in [1.54, 1.807) is 12.1 Å². The zero-order chi connectivity index (χ0) is 14.3. The van der Waals surface area contributed by atoms with Crippen LogP contribution in [0.25, 0.3) is 0 Å². The van der Waals surface area contributed by atoms with Gasteiger partial charge in [0.25, 0.3) is 0 Å². The average Bonchev–Trinajstić information content (AvgIpc) is 2.81. The van der Waals surface area contributed by atoms with Crippen molar-refractivity contribution in [3.05, 3.63) is 64.5 Å². The maximum absolute atomic E-state index is 13.4. The van der Waals surface area contributed by atoms with Crippen LogP contribution in [0.3, 0.4) is 0 Å². The van der Waals surface area contributed by atoms with Gasteiger partial charge in [0.15, 0.2) is 0 Å². The molecule has 0 radical (unpaired) electrons. The van der Waals surface area contributed by atoms with E-state index in [1.165, 1.54) is 0 Å². The summed E-state index contributed by atoms with van der Waals surface area (Å²) in [7, 11) is 0. The van der Waals surface area contributed by atoms with Crippen LogP contribution in [0.5, 0.6) is 5.75 Å². The van der Waals surface area contributed by atoms with Crippen LogP contribution in [-0.2, 0) is 0 Å². The molecular weight excluding hydrogens is 275 g/mol. The molecule has 0 saturated heterocycles. The van der Waals surface area contributed by atoms with E-state index in [0.29, 0.717) is 6.61 Å². The predicted molar refractivity (Wildman–Crippen MR) is 79.1 cm³/mol. The van der Waals surface area contributed by atoms with E-state index in [9.17, 15) is 4.39 Å². The number of para-hydroxylation sites is 1. The van der Waals surface area contributed by atoms with Gasteiger partial charge in [-0.25, -0.2) is 4.39 Å². The second kappa shape index (κ2) is 5.10. The van der Waals surface area contributed by atoms with Gasteiger partial charge in [0.05, 0.1) is 12.0 Å². The molecule has 1 aliphatic heterocycles. The maximum Gasteiger partial charge on any atom is 0.123 e. The molecule has 0 aromatic heterocycles. The van der Waals surface area contributed by atoms with Crippen molar-refractivity contribution in [2.75, 3.05) is 6.61 Å². The Morgan fingerprint density at radius 3 is 2.55 bits per heavy atom. The highest BCUT2D eigenvalue weighted by Crippen LogP contribution is 2.45. The first-order chi connectivity index (χ1) is 9.58. The lowest BCUT2D eigenvalue weighted by Crippen LogP contribution is -2.11. The number of fused-ring (bicyclic) bond motifs is 1. The maximum atomic E-state index is 13.4. The molecule has 2 atom stereocenters. The minimum Gasteiger partial charge on any atom is -0.493 e. The van der Waals surface area contributed by atoms with Crippen LogP contribution >= 0.6 is 11.6 Å². The number of hydrogen-bond donors (Lipinski definition) is 0. The number of benzene rings is 2. The first-order valence-corrected chi connectivity index (χ1v) is 7.14. The summed E-state index contributed by atoms with van der Waals surface area (Å²) in [5.41, 5.74) is 3.94. The molecule has 0 amide bonds. The van der Waals surface area contributed by atoms with Gasteiger partial charge < -0.3 is 4.74 Å². The van der Waals surface area contributed by atoms with Crippen LogP contribution in [0.1, 0.15) is 33.5 Å². The zero-order valence-corrected chi connectivity index (χ0v) is 12.2. The fourth-order valence-corrected chi connectivity index (χ4v) is 3.54. The minimum absolute atomic E-state index is 0.107. The monoisotopic (exact) mass is 290 g/mol. The van der Waals surface area contributed by atoms with Crippen LogP contribution in [0.2, 0.25) is 0 Å². The summed E-state index contributed by atoms with van der Waals surface area (Å²) in [5.74, 6) is 0.798. The number of alkyl halides is 1. The number of rotatable bonds is 2. The highest BCUT2D eigenvalue weighted by Gasteiger charge is 2.32. The molecule has 3 rings (SSSR count). The van der Waals surface area contributed by atoms with Gasteiger partial charge in [0.2, 0.25) is 0 Å². The molecule has 2 aromatic rings. The fourth-order valence-electron chi connectivity index (χ4n) is 2.99. The Morgan fingerprint density at radius 2 is 1.85 bits per heavy atom. The molecule has 1 heterocycles. The number of hydrogen-bond acceptors (Lipinski definition) is 1. The van der Waals surface area contributed by atoms with Crippen molar-refractivity contribution in [2.45, 2.75) is 25.1 Å². The smallest absolute Gasteiger partial charge is 0.123 e. The lowest BCUT2D eigenvalue weighted by molar-refractivity contribution is 0.327. The summed E-state index contributed by atoms with van der Waals surface area (Å²) in [6.45, 7) is 4.38. The largest absolute Gasteiger partial charge is 0.493 e. The number of halogens is 2. The number of ether oxygens (including phenoxy) is 1. The molecule has 0 bridgehead atoms. The van der Waals surface area contributed by atoms with E-state index in [4.69, 9.17) is 16.3 Å². The van der Waals surface area contributed by atoms with Gasteiger partial charge in [-0.3, -0.25) is 0 Å². The third-order valence-electron chi connectivity index (χ3n) is 3.92. The van der Waals surface area contributed by atoms with Gasteiger partial charge in [-0.15, -0.1) is 11.6 Å². The molecule has 2 unspecified atom stereocenters. The lowest BCUT2D eigenvalue weighted by Gasteiger charge is -2.21. The molecule has 20 heavy (non-hydrogen) atoms. The topological polar surface area (TPSA) is 9.23 Å². The second-order valence-corrected chi connectivity index (χ2v) is 5.78. The molecule has 0 N–H and O–H groups in total.